The summed E-state index contributed by atoms with van der Waals surface area (Å²) in [6.45, 7) is 0.479. The molecule has 4 aromatic rings. The summed E-state index contributed by atoms with van der Waals surface area (Å²) in [4.78, 5) is 31.6. The minimum absolute atomic E-state index is 0.108. The molecule has 38 heavy (non-hydrogen) atoms. The van der Waals surface area contributed by atoms with Crippen LogP contribution in [0.25, 0.3) is 5.69 Å². The topological polar surface area (TPSA) is 102 Å². The van der Waals surface area contributed by atoms with E-state index in [1.165, 1.54) is 71.6 Å². The van der Waals surface area contributed by atoms with E-state index in [1.807, 2.05) is 19.0 Å². The molecule has 0 aliphatic rings. The Kier molecular flexibility index (Phi) is 7.80. The van der Waals surface area contributed by atoms with E-state index in [2.05, 4.69) is 22.1 Å². The summed E-state index contributed by atoms with van der Waals surface area (Å²) in [5.41, 5.74) is 5.97. The Morgan fingerprint density at radius 3 is 2.58 bits per heavy atom. The van der Waals surface area contributed by atoms with Gasteiger partial charge in [-0.2, -0.15) is 0 Å². The normalized spacial score (nSPS) is 10.6. The first-order valence-electron chi connectivity index (χ1n) is 11.4. The maximum absolute atomic E-state index is 14.9. The number of carbonyl (C=O) groups is 1. The lowest BCUT2D eigenvalue weighted by Gasteiger charge is -2.12. The van der Waals surface area contributed by atoms with Gasteiger partial charge in [0, 0.05) is 35.9 Å². The van der Waals surface area contributed by atoms with Gasteiger partial charge in [0.25, 0.3) is 11.5 Å². The van der Waals surface area contributed by atoms with E-state index < -0.39 is 23.1 Å². The highest BCUT2D eigenvalue weighted by Gasteiger charge is 2.16. The number of benzene rings is 2. The summed E-state index contributed by atoms with van der Waals surface area (Å²) >= 11 is 0. The lowest BCUT2D eigenvalue weighted by molar-refractivity contribution is 0.102. The summed E-state index contributed by atoms with van der Waals surface area (Å²) in [7, 11) is 3.74. The van der Waals surface area contributed by atoms with Gasteiger partial charge in [-0.05, 0) is 62.6 Å². The van der Waals surface area contributed by atoms with Crippen molar-refractivity contribution in [3.8, 4) is 29.0 Å². The van der Waals surface area contributed by atoms with Crippen molar-refractivity contribution in [3.63, 3.8) is 0 Å². The molecular weight excluding hydrogens is 492 g/mol. The summed E-state index contributed by atoms with van der Waals surface area (Å²) in [6, 6.07) is 13.5. The van der Waals surface area contributed by atoms with Gasteiger partial charge in [0.2, 0.25) is 0 Å². The molecule has 0 aliphatic carbocycles. The second kappa shape index (κ2) is 11.4. The van der Waals surface area contributed by atoms with Gasteiger partial charge in [0.15, 0.2) is 11.6 Å². The number of hydrogen-bond donors (Lipinski definition) is 2. The predicted octanol–water partition coefficient (Wildman–Crippen LogP) is 4.05. The van der Waals surface area contributed by atoms with Crippen molar-refractivity contribution in [2.24, 2.45) is 0 Å². The molecule has 8 nitrogen and oxygen atoms in total. The lowest BCUT2D eigenvalue weighted by atomic mass is 10.2. The Bertz CT molecular complexity index is 1610. The Hall–Kier alpha value is -5.01. The molecule has 0 unspecified atom stereocenters. The Morgan fingerprint density at radius 2 is 1.87 bits per heavy atom. The number of hydrogen-bond acceptors (Lipinski definition) is 6. The molecule has 4 rings (SSSR count). The number of nitrogens with two attached hydrogens (primary N) is 1. The number of ether oxygens (including phenoxy) is 1. The van der Waals surface area contributed by atoms with E-state index >= 15 is 0 Å². The van der Waals surface area contributed by atoms with Crippen LogP contribution in [0.5, 0.6) is 11.5 Å². The van der Waals surface area contributed by atoms with E-state index in [1.54, 1.807) is 0 Å². The van der Waals surface area contributed by atoms with Crippen molar-refractivity contribution >= 4 is 17.4 Å². The number of rotatable bonds is 6. The second-order valence-corrected chi connectivity index (χ2v) is 8.38. The summed E-state index contributed by atoms with van der Waals surface area (Å²) in [5.74, 6) is 4.14. The molecule has 3 N–H and O–H groups in total. The molecule has 0 bridgehead atoms. The van der Waals surface area contributed by atoms with Crippen molar-refractivity contribution in [3.05, 3.63) is 106 Å². The second-order valence-electron chi connectivity index (χ2n) is 8.38. The van der Waals surface area contributed by atoms with Gasteiger partial charge in [-0.15, -0.1) is 0 Å². The Balaban J connectivity index is 1.54. The van der Waals surface area contributed by atoms with Crippen LogP contribution in [0.1, 0.15) is 15.9 Å². The van der Waals surface area contributed by atoms with Crippen molar-refractivity contribution in [1.82, 2.24) is 14.5 Å². The third-order valence-corrected chi connectivity index (χ3v) is 5.26. The first-order chi connectivity index (χ1) is 18.2. The van der Waals surface area contributed by atoms with Gasteiger partial charge in [0.05, 0.1) is 6.54 Å². The summed E-state index contributed by atoms with van der Waals surface area (Å²) in [6.07, 6.45) is 2.88. The van der Waals surface area contributed by atoms with Crippen LogP contribution < -0.4 is 21.3 Å². The van der Waals surface area contributed by atoms with Crippen LogP contribution in [-0.4, -0.2) is 41.0 Å². The number of amides is 1. The fraction of sp³-hybridized carbons (Fsp3) is 0.107. The SMILES string of the molecule is CN(C)CC#Cc1c(Oc2ccc(NC(=O)c3cccn(-c4ccc(F)cc4)c3=O)cc2F)ccnc1N. The maximum Gasteiger partial charge on any atom is 0.267 e. The van der Waals surface area contributed by atoms with Crippen LogP contribution in [0.4, 0.5) is 20.3 Å². The van der Waals surface area contributed by atoms with Gasteiger partial charge >= 0.3 is 0 Å². The van der Waals surface area contributed by atoms with Crippen LogP contribution >= 0.6 is 0 Å². The molecule has 192 valence electrons. The highest BCUT2D eigenvalue weighted by atomic mass is 19.1. The molecule has 1 amide bonds. The molecule has 2 aromatic carbocycles. The molecule has 2 heterocycles. The average Bonchev–Trinajstić information content (AvgIpc) is 2.88. The number of carbonyl (C=O) groups excluding carboxylic acids is 1. The number of nitrogen functional groups attached to an aromatic ring is 1. The zero-order valence-corrected chi connectivity index (χ0v) is 20.5. The smallest absolute Gasteiger partial charge is 0.267 e. The van der Waals surface area contributed by atoms with Crippen molar-refractivity contribution in [2.75, 3.05) is 31.7 Å². The van der Waals surface area contributed by atoms with E-state index in [0.29, 0.717) is 17.8 Å². The van der Waals surface area contributed by atoms with Crippen LogP contribution in [0, 0.1) is 23.5 Å². The van der Waals surface area contributed by atoms with Gasteiger partial charge in [-0.3, -0.25) is 19.1 Å². The highest BCUT2D eigenvalue weighted by molar-refractivity contribution is 6.04. The standard InChI is InChI=1S/C28H23F2N5O3/c1-34(2)15-3-5-21-24(13-14-32-26(21)31)38-25-12-9-19(17-23(25)30)33-27(36)22-6-4-16-35(28(22)37)20-10-7-18(29)8-11-20/h4,6-14,16-17H,15H2,1-2H3,(H2,31,32)(H,33,36). The number of halogens is 2. The van der Waals surface area contributed by atoms with Gasteiger partial charge in [0.1, 0.15) is 28.5 Å². The number of pyridine rings is 2. The predicted molar refractivity (Wildman–Crippen MR) is 141 cm³/mol. The van der Waals surface area contributed by atoms with Gasteiger partial charge in [-0.1, -0.05) is 11.8 Å². The molecule has 0 fully saturated rings. The number of anilines is 2. The molecule has 0 radical (unpaired) electrons. The molecule has 0 saturated heterocycles. The first kappa shape index (κ1) is 26.1. The molecule has 10 heteroatoms. The summed E-state index contributed by atoms with van der Waals surface area (Å²) in [5, 5.41) is 2.51. The van der Waals surface area contributed by atoms with E-state index in [9.17, 15) is 18.4 Å². The third kappa shape index (κ3) is 6.03. The average molecular weight is 516 g/mol. The zero-order valence-electron chi connectivity index (χ0n) is 20.5. The summed E-state index contributed by atoms with van der Waals surface area (Å²) < 4.78 is 35.1. The molecule has 0 atom stereocenters. The molecular formula is C28H23F2N5O3. The van der Waals surface area contributed by atoms with Crippen molar-refractivity contribution in [1.29, 1.82) is 0 Å². The lowest BCUT2D eigenvalue weighted by Crippen LogP contribution is -2.27. The fourth-order valence-electron chi connectivity index (χ4n) is 3.41. The number of nitrogens with one attached hydrogen (secondary N) is 1. The highest BCUT2D eigenvalue weighted by Crippen LogP contribution is 2.30. The maximum atomic E-state index is 14.9. The largest absolute Gasteiger partial charge is 0.453 e. The van der Waals surface area contributed by atoms with Crippen LogP contribution in [0.15, 0.2) is 77.9 Å². The molecule has 0 spiro atoms. The zero-order chi connectivity index (χ0) is 27.2. The Labute approximate surface area is 217 Å². The quantitative estimate of drug-likeness (QED) is 0.376. The first-order valence-corrected chi connectivity index (χ1v) is 11.4. The van der Waals surface area contributed by atoms with Crippen LogP contribution in [0.2, 0.25) is 0 Å². The molecule has 2 aromatic heterocycles. The van der Waals surface area contributed by atoms with Crippen LogP contribution in [0.3, 0.4) is 0 Å². The minimum Gasteiger partial charge on any atom is -0.453 e. The number of nitrogens with zero attached hydrogens (tertiary/aromatic N) is 3. The third-order valence-electron chi connectivity index (χ3n) is 5.26. The minimum atomic E-state index is -0.762. The molecule has 0 saturated carbocycles. The fourth-order valence-corrected chi connectivity index (χ4v) is 3.41. The van der Waals surface area contributed by atoms with Crippen LogP contribution in [-0.2, 0) is 0 Å². The van der Waals surface area contributed by atoms with Crippen molar-refractivity contribution in [2.45, 2.75) is 0 Å². The Morgan fingerprint density at radius 1 is 1.11 bits per heavy atom. The molecule has 0 aliphatic heterocycles. The number of aromatic nitrogens is 2. The van der Waals surface area contributed by atoms with Gasteiger partial charge in [-0.25, -0.2) is 13.8 Å². The monoisotopic (exact) mass is 515 g/mol. The van der Waals surface area contributed by atoms with Gasteiger partial charge < -0.3 is 15.8 Å². The van der Waals surface area contributed by atoms with E-state index in [0.717, 1.165) is 6.07 Å². The van der Waals surface area contributed by atoms with E-state index in [4.69, 9.17) is 10.5 Å². The van der Waals surface area contributed by atoms with Crippen molar-refractivity contribution < 1.29 is 18.3 Å². The van der Waals surface area contributed by atoms with E-state index in [-0.39, 0.29) is 28.6 Å².